The van der Waals surface area contributed by atoms with Gasteiger partial charge >= 0.3 is 0 Å². The topological polar surface area (TPSA) is 89.3 Å². The van der Waals surface area contributed by atoms with Crippen molar-refractivity contribution in [2.75, 3.05) is 0 Å². The van der Waals surface area contributed by atoms with E-state index in [9.17, 15) is 13.2 Å². The van der Waals surface area contributed by atoms with Gasteiger partial charge in [0.2, 0.25) is 10.0 Å². The smallest absolute Gasteiger partial charge is 0.254 e. The van der Waals surface area contributed by atoms with Gasteiger partial charge in [0.05, 0.1) is 15.6 Å². The number of amides is 1. The monoisotopic (exact) mass is 338 g/mol. The second-order valence-corrected chi connectivity index (χ2v) is 7.29. The van der Waals surface area contributed by atoms with Gasteiger partial charge in [0, 0.05) is 5.54 Å². The molecule has 0 radical (unpaired) electrons. The van der Waals surface area contributed by atoms with Gasteiger partial charge in [0.25, 0.3) is 5.91 Å². The Hall–Kier alpha value is -0.820. The molecule has 1 rings (SSSR count). The summed E-state index contributed by atoms with van der Waals surface area (Å²) in [4.78, 5) is 11.9. The summed E-state index contributed by atoms with van der Waals surface area (Å²) in [5, 5.41) is 7.57. The summed E-state index contributed by atoms with van der Waals surface area (Å²) in [5.74, 6) is -0.544. The van der Waals surface area contributed by atoms with Gasteiger partial charge in [0.15, 0.2) is 0 Å². The van der Waals surface area contributed by atoms with Crippen LogP contribution in [0.2, 0.25) is 10.0 Å². The van der Waals surface area contributed by atoms with Crippen LogP contribution in [0.1, 0.15) is 37.6 Å². The molecule has 0 aliphatic heterocycles. The molecular formula is C12H16Cl2N2O3S. The van der Waals surface area contributed by atoms with Crippen molar-refractivity contribution < 1.29 is 13.2 Å². The first-order chi connectivity index (χ1) is 8.99. The number of nitrogens with one attached hydrogen (secondary N) is 1. The van der Waals surface area contributed by atoms with E-state index in [0.717, 1.165) is 0 Å². The molecule has 0 aliphatic rings. The largest absolute Gasteiger partial charge is 0.347 e. The number of carbonyl (C=O) groups is 1. The molecule has 0 fully saturated rings. The van der Waals surface area contributed by atoms with Crippen LogP contribution in [0.5, 0.6) is 0 Å². The molecule has 0 saturated carbocycles. The summed E-state index contributed by atoms with van der Waals surface area (Å²) in [6.45, 7) is 5.57. The predicted octanol–water partition coefficient (Wildman–Crippen LogP) is 2.56. The fourth-order valence-electron chi connectivity index (χ4n) is 1.42. The lowest BCUT2D eigenvalue weighted by atomic mass is 10.0. The van der Waals surface area contributed by atoms with Crippen LogP contribution in [0.3, 0.4) is 0 Å². The molecule has 0 bridgehead atoms. The van der Waals surface area contributed by atoms with Crippen LogP contribution < -0.4 is 10.5 Å². The SMILES string of the molecule is CCC(C)(C)NC(=O)c1c(Cl)ccc(S(N)(=O)=O)c1Cl. The van der Waals surface area contributed by atoms with Gasteiger partial charge in [-0.3, -0.25) is 4.79 Å². The minimum atomic E-state index is -4.03. The van der Waals surface area contributed by atoms with Gasteiger partial charge in [-0.05, 0) is 32.4 Å². The molecule has 1 aromatic carbocycles. The standard InChI is InChI=1S/C12H16Cl2N2O3S/c1-4-12(2,3)16-11(17)9-7(13)5-6-8(10(9)14)20(15,18)19/h5-6H,4H2,1-3H3,(H,16,17)(H2,15,18,19). The first-order valence-corrected chi connectivity index (χ1v) is 8.13. The highest BCUT2D eigenvalue weighted by Crippen LogP contribution is 2.30. The highest BCUT2D eigenvalue weighted by molar-refractivity contribution is 7.89. The zero-order chi connectivity index (χ0) is 15.7. The highest BCUT2D eigenvalue weighted by atomic mass is 35.5. The summed E-state index contributed by atoms with van der Waals surface area (Å²) in [6.07, 6.45) is 0.683. The van der Waals surface area contributed by atoms with Crippen molar-refractivity contribution in [1.82, 2.24) is 5.32 Å². The lowest BCUT2D eigenvalue weighted by Gasteiger charge is -2.25. The third kappa shape index (κ3) is 3.85. The van der Waals surface area contributed by atoms with E-state index < -0.39 is 21.5 Å². The Bertz CT molecular complexity index is 642. The molecule has 0 aromatic heterocycles. The molecule has 0 spiro atoms. The maximum Gasteiger partial charge on any atom is 0.254 e. The number of hydrogen-bond donors (Lipinski definition) is 2. The quantitative estimate of drug-likeness (QED) is 0.883. The highest BCUT2D eigenvalue weighted by Gasteiger charge is 2.26. The average molecular weight is 339 g/mol. The Morgan fingerprint density at radius 2 is 1.90 bits per heavy atom. The van der Waals surface area contributed by atoms with Crippen LogP contribution >= 0.6 is 23.2 Å². The van der Waals surface area contributed by atoms with Crippen LogP contribution in [-0.4, -0.2) is 19.9 Å². The van der Waals surface area contributed by atoms with Crippen molar-refractivity contribution in [1.29, 1.82) is 0 Å². The van der Waals surface area contributed by atoms with Gasteiger partial charge in [-0.15, -0.1) is 0 Å². The minimum absolute atomic E-state index is 0.0619. The second kappa shape index (κ2) is 5.89. The minimum Gasteiger partial charge on any atom is -0.347 e. The van der Waals surface area contributed by atoms with Gasteiger partial charge in [0.1, 0.15) is 4.90 Å². The molecule has 1 amide bonds. The molecule has 5 nitrogen and oxygen atoms in total. The number of rotatable bonds is 4. The zero-order valence-corrected chi connectivity index (χ0v) is 13.7. The Morgan fingerprint density at radius 3 is 2.35 bits per heavy atom. The molecule has 1 aromatic rings. The van der Waals surface area contributed by atoms with Crippen LogP contribution in [0, 0.1) is 0 Å². The molecule has 0 saturated heterocycles. The molecule has 0 aliphatic carbocycles. The Morgan fingerprint density at radius 1 is 1.35 bits per heavy atom. The summed E-state index contributed by atoms with van der Waals surface area (Å²) >= 11 is 11.9. The fraction of sp³-hybridized carbons (Fsp3) is 0.417. The summed E-state index contributed by atoms with van der Waals surface area (Å²) in [7, 11) is -4.03. The predicted molar refractivity (Wildman–Crippen MR) is 79.7 cm³/mol. The van der Waals surface area contributed by atoms with E-state index in [4.69, 9.17) is 28.3 Å². The Balaban J connectivity index is 3.35. The second-order valence-electron chi connectivity index (χ2n) is 4.97. The summed E-state index contributed by atoms with van der Waals surface area (Å²) in [5.41, 5.74) is -0.567. The molecule has 0 heterocycles. The third-order valence-corrected chi connectivity index (χ3v) is 4.70. The van der Waals surface area contributed by atoms with Crippen molar-refractivity contribution in [3.05, 3.63) is 27.7 Å². The number of sulfonamides is 1. The lowest BCUT2D eigenvalue weighted by molar-refractivity contribution is 0.0911. The first-order valence-electron chi connectivity index (χ1n) is 5.83. The van der Waals surface area contributed by atoms with Crippen molar-refractivity contribution >= 4 is 39.1 Å². The summed E-state index contributed by atoms with van der Waals surface area (Å²) < 4.78 is 22.8. The van der Waals surface area contributed by atoms with Crippen molar-refractivity contribution in [2.24, 2.45) is 5.14 Å². The molecule has 20 heavy (non-hydrogen) atoms. The third-order valence-electron chi connectivity index (χ3n) is 2.93. The number of hydrogen-bond acceptors (Lipinski definition) is 3. The van der Waals surface area contributed by atoms with Crippen LogP contribution in [0.25, 0.3) is 0 Å². The van der Waals surface area contributed by atoms with E-state index in [1.165, 1.54) is 12.1 Å². The lowest BCUT2D eigenvalue weighted by Crippen LogP contribution is -2.43. The summed E-state index contributed by atoms with van der Waals surface area (Å²) in [6, 6.07) is 2.45. The molecule has 3 N–H and O–H groups in total. The van der Waals surface area contributed by atoms with Crippen LogP contribution in [0.15, 0.2) is 17.0 Å². The van der Waals surface area contributed by atoms with Gasteiger partial charge in [-0.25, -0.2) is 13.6 Å². The van der Waals surface area contributed by atoms with Gasteiger partial charge < -0.3 is 5.32 Å². The molecule has 0 unspecified atom stereocenters. The number of carbonyl (C=O) groups excluding carboxylic acids is 1. The molecular weight excluding hydrogens is 323 g/mol. The first kappa shape index (κ1) is 17.2. The molecule has 8 heteroatoms. The van der Waals surface area contributed by atoms with E-state index in [1.807, 2.05) is 20.8 Å². The van der Waals surface area contributed by atoms with E-state index in [-0.39, 0.29) is 20.5 Å². The van der Waals surface area contributed by atoms with E-state index >= 15 is 0 Å². The van der Waals surface area contributed by atoms with Crippen LogP contribution in [0.4, 0.5) is 0 Å². The number of benzene rings is 1. The molecule has 0 atom stereocenters. The number of nitrogens with two attached hydrogens (primary N) is 1. The Kier molecular flexibility index (Phi) is 5.08. The maximum absolute atomic E-state index is 12.2. The maximum atomic E-state index is 12.2. The van der Waals surface area contributed by atoms with Crippen molar-refractivity contribution in [2.45, 2.75) is 37.6 Å². The zero-order valence-electron chi connectivity index (χ0n) is 11.3. The molecule has 112 valence electrons. The fourth-order valence-corrected chi connectivity index (χ4v) is 2.89. The van der Waals surface area contributed by atoms with Gasteiger partial charge in [-0.1, -0.05) is 30.1 Å². The number of halogens is 2. The van der Waals surface area contributed by atoms with E-state index in [2.05, 4.69) is 5.32 Å². The van der Waals surface area contributed by atoms with E-state index in [0.29, 0.717) is 6.42 Å². The van der Waals surface area contributed by atoms with Crippen molar-refractivity contribution in [3.63, 3.8) is 0 Å². The van der Waals surface area contributed by atoms with Crippen LogP contribution in [-0.2, 0) is 10.0 Å². The Labute approximate surface area is 128 Å². The van der Waals surface area contributed by atoms with E-state index in [1.54, 1.807) is 0 Å². The van der Waals surface area contributed by atoms with Crippen molar-refractivity contribution in [3.8, 4) is 0 Å². The average Bonchev–Trinajstić information content (AvgIpc) is 2.26. The van der Waals surface area contributed by atoms with Gasteiger partial charge in [-0.2, -0.15) is 0 Å². The normalized spacial score (nSPS) is 12.3. The number of primary sulfonamides is 1.